The fourth-order valence-electron chi connectivity index (χ4n) is 3.42. The number of hydrogen-bond donors (Lipinski definition) is 1. The lowest BCUT2D eigenvalue weighted by Gasteiger charge is -2.35. The molecule has 0 saturated carbocycles. The van der Waals surface area contributed by atoms with Gasteiger partial charge in [0.25, 0.3) is 5.69 Å². The molecule has 1 aromatic rings. The van der Waals surface area contributed by atoms with E-state index in [0.29, 0.717) is 6.04 Å². The lowest BCUT2D eigenvalue weighted by Crippen LogP contribution is -2.49. The molecule has 0 unspecified atom stereocenters. The zero-order valence-corrected chi connectivity index (χ0v) is 13.1. The Morgan fingerprint density at radius 3 is 2.64 bits per heavy atom. The average molecular weight is 304 g/mol. The number of nitrogens with zero attached hydrogens (tertiary/aromatic N) is 3. The molecular formula is C16H24N4O2. The van der Waals surface area contributed by atoms with Crippen LogP contribution in [0.2, 0.25) is 0 Å². The van der Waals surface area contributed by atoms with Crippen molar-refractivity contribution in [3.8, 4) is 0 Å². The lowest BCUT2D eigenvalue weighted by molar-refractivity contribution is -0.384. The van der Waals surface area contributed by atoms with Crippen LogP contribution >= 0.6 is 0 Å². The van der Waals surface area contributed by atoms with Gasteiger partial charge in [0.2, 0.25) is 0 Å². The van der Waals surface area contributed by atoms with Gasteiger partial charge in [-0.2, -0.15) is 0 Å². The lowest BCUT2D eigenvalue weighted by atomic mass is 10.1. The molecule has 6 heteroatoms. The maximum Gasteiger partial charge on any atom is 0.292 e. The molecule has 2 saturated heterocycles. The van der Waals surface area contributed by atoms with Crippen molar-refractivity contribution >= 4 is 17.1 Å². The van der Waals surface area contributed by atoms with E-state index in [2.05, 4.69) is 22.0 Å². The van der Waals surface area contributed by atoms with Crippen molar-refractivity contribution in [3.63, 3.8) is 0 Å². The van der Waals surface area contributed by atoms with Gasteiger partial charge in [0.15, 0.2) is 0 Å². The highest BCUT2D eigenvalue weighted by atomic mass is 16.6. The summed E-state index contributed by atoms with van der Waals surface area (Å²) in [6.07, 6.45) is 3.46. The van der Waals surface area contributed by atoms with Crippen molar-refractivity contribution in [2.75, 3.05) is 42.5 Å². The Morgan fingerprint density at radius 1 is 1.18 bits per heavy atom. The standard InChI is InChI=1S/C16H24N4O2/c1-13-12-19(10-7-17-13)14-5-6-15(20(21)22)16(11-14)18-8-3-2-4-9-18/h5-6,11,13,17H,2-4,7-10,12H2,1H3/t13-/m0/s1. The first kappa shape index (κ1) is 15.1. The molecule has 2 heterocycles. The molecule has 2 aliphatic heterocycles. The number of anilines is 2. The van der Waals surface area contributed by atoms with Crippen LogP contribution in [0, 0.1) is 10.1 Å². The van der Waals surface area contributed by atoms with Crippen molar-refractivity contribution in [1.29, 1.82) is 0 Å². The number of hydrogen-bond acceptors (Lipinski definition) is 5. The van der Waals surface area contributed by atoms with Crippen LogP contribution in [-0.4, -0.2) is 43.7 Å². The van der Waals surface area contributed by atoms with Crippen molar-refractivity contribution in [3.05, 3.63) is 28.3 Å². The number of rotatable bonds is 3. The number of piperidine rings is 1. The first-order valence-corrected chi connectivity index (χ1v) is 8.17. The molecule has 0 aromatic heterocycles. The van der Waals surface area contributed by atoms with E-state index in [-0.39, 0.29) is 10.6 Å². The highest BCUT2D eigenvalue weighted by molar-refractivity contribution is 5.70. The predicted octanol–water partition coefficient (Wildman–Crippen LogP) is 2.38. The molecule has 120 valence electrons. The summed E-state index contributed by atoms with van der Waals surface area (Å²) in [5.41, 5.74) is 2.11. The Hall–Kier alpha value is -1.82. The largest absolute Gasteiger partial charge is 0.369 e. The minimum atomic E-state index is -0.256. The highest BCUT2D eigenvalue weighted by Gasteiger charge is 2.24. The molecule has 6 nitrogen and oxygen atoms in total. The van der Waals surface area contributed by atoms with Crippen LogP contribution in [0.1, 0.15) is 26.2 Å². The number of nitro benzene ring substituents is 1. The van der Waals surface area contributed by atoms with E-state index < -0.39 is 0 Å². The van der Waals surface area contributed by atoms with Gasteiger partial charge in [-0.05, 0) is 38.3 Å². The minimum absolute atomic E-state index is 0.230. The molecule has 0 amide bonds. The number of piperazine rings is 1. The molecule has 1 aromatic carbocycles. The van der Waals surface area contributed by atoms with Crippen LogP contribution in [0.25, 0.3) is 0 Å². The Morgan fingerprint density at radius 2 is 1.95 bits per heavy atom. The SMILES string of the molecule is C[C@H]1CN(c2ccc([N+](=O)[O-])c(N3CCCCC3)c2)CCN1. The van der Waals surface area contributed by atoms with Gasteiger partial charge in [-0.3, -0.25) is 10.1 Å². The Labute approximate surface area is 131 Å². The molecule has 3 rings (SSSR count). The van der Waals surface area contributed by atoms with Gasteiger partial charge in [0.05, 0.1) is 4.92 Å². The zero-order valence-electron chi connectivity index (χ0n) is 13.1. The van der Waals surface area contributed by atoms with E-state index in [0.717, 1.165) is 56.9 Å². The topological polar surface area (TPSA) is 61.6 Å². The molecule has 22 heavy (non-hydrogen) atoms. The summed E-state index contributed by atoms with van der Waals surface area (Å²) in [5.74, 6) is 0. The third kappa shape index (κ3) is 3.16. The van der Waals surface area contributed by atoms with Crippen LogP contribution in [0.4, 0.5) is 17.1 Å². The van der Waals surface area contributed by atoms with Crippen molar-refractivity contribution < 1.29 is 4.92 Å². The Kier molecular flexibility index (Phi) is 4.47. The van der Waals surface area contributed by atoms with E-state index >= 15 is 0 Å². The van der Waals surface area contributed by atoms with Crippen molar-refractivity contribution in [2.24, 2.45) is 0 Å². The molecule has 0 bridgehead atoms. The van der Waals surface area contributed by atoms with Gasteiger partial charge in [0.1, 0.15) is 5.69 Å². The molecule has 0 aliphatic carbocycles. The van der Waals surface area contributed by atoms with Gasteiger partial charge >= 0.3 is 0 Å². The minimum Gasteiger partial charge on any atom is -0.369 e. The fourth-order valence-corrected chi connectivity index (χ4v) is 3.42. The first-order chi connectivity index (χ1) is 10.6. The molecular weight excluding hydrogens is 280 g/mol. The summed E-state index contributed by atoms with van der Waals surface area (Å²) < 4.78 is 0. The van der Waals surface area contributed by atoms with Crippen LogP contribution in [0.15, 0.2) is 18.2 Å². The van der Waals surface area contributed by atoms with Gasteiger partial charge in [-0.15, -0.1) is 0 Å². The van der Waals surface area contributed by atoms with Crippen molar-refractivity contribution in [2.45, 2.75) is 32.2 Å². The third-order valence-electron chi connectivity index (χ3n) is 4.59. The van der Waals surface area contributed by atoms with Crippen LogP contribution in [0.5, 0.6) is 0 Å². The van der Waals surface area contributed by atoms with E-state index in [4.69, 9.17) is 0 Å². The molecule has 1 atom stereocenters. The summed E-state index contributed by atoms with van der Waals surface area (Å²) in [6, 6.07) is 6.03. The quantitative estimate of drug-likeness (QED) is 0.686. The normalized spacial score (nSPS) is 22.7. The second kappa shape index (κ2) is 6.52. The molecule has 1 N–H and O–H groups in total. The maximum absolute atomic E-state index is 11.4. The second-order valence-corrected chi connectivity index (χ2v) is 6.28. The average Bonchev–Trinajstić information content (AvgIpc) is 2.55. The number of benzene rings is 1. The first-order valence-electron chi connectivity index (χ1n) is 8.17. The summed E-state index contributed by atoms with van der Waals surface area (Å²) in [6.45, 7) is 6.85. The van der Waals surface area contributed by atoms with Gasteiger partial charge in [-0.1, -0.05) is 0 Å². The van der Waals surface area contributed by atoms with E-state index in [1.807, 2.05) is 12.1 Å². The number of nitrogens with one attached hydrogen (secondary N) is 1. The molecule has 0 radical (unpaired) electrons. The van der Waals surface area contributed by atoms with Gasteiger partial charge in [-0.25, -0.2) is 0 Å². The Balaban J connectivity index is 1.90. The highest BCUT2D eigenvalue weighted by Crippen LogP contribution is 2.34. The molecule has 0 spiro atoms. The molecule has 2 fully saturated rings. The van der Waals surface area contributed by atoms with Crippen LogP contribution in [0.3, 0.4) is 0 Å². The Bertz CT molecular complexity index is 543. The summed E-state index contributed by atoms with van der Waals surface area (Å²) >= 11 is 0. The van der Waals surface area contributed by atoms with E-state index in [1.54, 1.807) is 6.07 Å². The number of nitro groups is 1. The summed E-state index contributed by atoms with van der Waals surface area (Å²) in [7, 11) is 0. The van der Waals surface area contributed by atoms with Crippen molar-refractivity contribution in [1.82, 2.24) is 5.32 Å². The van der Waals surface area contributed by atoms with Crippen LogP contribution in [-0.2, 0) is 0 Å². The molecule has 2 aliphatic rings. The smallest absolute Gasteiger partial charge is 0.292 e. The summed E-state index contributed by atoms with van der Waals surface area (Å²) in [4.78, 5) is 15.6. The third-order valence-corrected chi connectivity index (χ3v) is 4.59. The zero-order chi connectivity index (χ0) is 15.5. The maximum atomic E-state index is 11.4. The van der Waals surface area contributed by atoms with Gasteiger partial charge < -0.3 is 15.1 Å². The van der Waals surface area contributed by atoms with E-state index in [9.17, 15) is 10.1 Å². The predicted molar refractivity (Wildman–Crippen MR) is 88.8 cm³/mol. The monoisotopic (exact) mass is 304 g/mol. The fraction of sp³-hybridized carbons (Fsp3) is 0.625. The summed E-state index contributed by atoms with van der Waals surface area (Å²) in [5, 5.41) is 14.8. The van der Waals surface area contributed by atoms with E-state index in [1.165, 1.54) is 6.42 Å². The van der Waals surface area contributed by atoms with Gasteiger partial charge in [0, 0.05) is 50.5 Å². The van der Waals surface area contributed by atoms with Crippen LogP contribution < -0.4 is 15.1 Å². The second-order valence-electron chi connectivity index (χ2n) is 6.28.